The van der Waals surface area contributed by atoms with Crippen molar-refractivity contribution in [3.8, 4) is 0 Å². The maximum absolute atomic E-state index is 13.8. The molecule has 1 heterocycles. The van der Waals surface area contributed by atoms with Gasteiger partial charge < -0.3 is 35.2 Å². The van der Waals surface area contributed by atoms with Crippen LogP contribution in [-0.4, -0.2) is 89.3 Å². The van der Waals surface area contributed by atoms with E-state index in [2.05, 4.69) is 15.4 Å². The van der Waals surface area contributed by atoms with Crippen molar-refractivity contribution in [3.63, 3.8) is 0 Å². The summed E-state index contributed by atoms with van der Waals surface area (Å²) >= 11 is 0. The number of Topliss-reactive ketones (excluding diaryl/α,β-unsaturated/α-hetero) is 1. The number of alkyl carbamates (subject to hydrolysis) is 2. The van der Waals surface area contributed by atoms with Crippen LogP contribution in [0.1, 0.15) is 73.1 Å². The van der Waals surface area contributed by atoms with Crippen molar-refractivity contribution in [1.29, 1.82) is 0 Å². The number of hydrogen-bond acceptors (Lipinski definition) is 8. The molecule has 2 rings (SSSR count). The van der Waals surface area contributed by atoms with Gasteiger partial charge >= 0.3 is 24.1 Å². The van der Waals surface area contributed by atoms with Crippen molar-refractivity contribution in [3.05, 3.63) is 0 Å². The lowest BCUT2D eigenvalue weighted by molar-refractivity contribution is -0.157. The molecule has 1 aliphatic heterocycles. The molecule has 0 spiro atoms. The first-order chi connectivity index (χ1) is 19.1. The van der Waals surface area contributed by atoms with Crippen molar-refractivity contribution in [2.45, 2.75) is 97.3 Å². The van der Waals surface area contributed by atoms with Crippen LogP contribution in [-0.2, 0) is 28.7 Å². The number of carboxylic acids is 2. The summed E-state index contributed by atoms with van der Waals surface area (Å²) in [6.07, 6.45) is -0.0268. The SMILES string of the molecule is COC(=O)NC(C(=O)C1[C@@H](C)CC[C@]1(CC[C@H](C)[C@H](NC(=O)OC)C(=O)N1C(C)CCC1C(=O)O)C(=O)O)C(C)C. The quantitative estimate of drug-likeness (QED) is 0.266. The normalized spacial score (nSPS) is 28.0. The second kappa shape index (κ2) is 14.0. The molecular weight excluding hydrogens is 538 g/mol. The molecule has 232 valence electrons. The molecule has 1 aliphatic carbocycles. The molecule has 1 saturated carbocycles. The van der Waals surface area contributed by atoms with E-state index in [-0.39, 0.29) is 49.3 Å². The molecule has 4 unspecified atom stereocenters. The number of methoxy groups -OCH3 is 2. The molecule has 0 aromatic rings. The molecule has 13 nitrogen and oxygen atoms in total. The Morgan fingerprint density at radius 1 is 0.902 bits per heavy atom. The zero-order valence-electron chi connectivity index (χ0n) is 25.0. The number of nitrogens with zero attached hydrogens (tertiary/aromatic N) is 1. The van der Waals surface area contributed by atoms with E-state index in [1.54, 1.807) is 27.7 Å². The van der Waals surface area contributed by atoms with E-state index >= 15 is 0 Å². The lowest BCUT2D eigenvalue weighted by Gasteiger charge is -2.37. The third-order valence-electron chi connectivity index (χ3n) is 8.92. The van der Waals surface area contributed by atoms with E-state index < -0.39 is 65.4 Å². The zero-order chi connectivity index (χ0) is 31.2. The van der Waals surface area contributed by atoms with Gasteiger partial charge in [-0.25, -0.2) is 14.4 Å². The molecule has 0 aromatic heterocycles. The lowest BCUT2D eigenvalue weighted by atomic mass is 9.67. The van der Waals surface area contributed by atoms with Gasteiger partial charge in [0, 0.05) is 12.0 Å². The van der Waals surface area contributed by atoms with Crippen molar-refractivity contribution in [1.82, 2.24) is 15.5 Å². The Morgan fingerprint density at radius 3 is 1.95 bits per heavy atom. The largest absolute Gasteiger partial charge is 0.481 e. The van der Waals surface area contributed by atoms with E-state index in [9.17, 15) is 39.0 Å². The van der Waals surface area contributed by atoms with Crippen LogP contribution in [0.25, 0.3) is 0 Å². The van der Waals surface area contributed by atoms with Crippen molar-refractivity contribution >= 4 is 35.8 Å². The van der Waals surface area contributed by atoms with Gasteiger partial charge in [-0.1, -0.05) is 27.7 Å². The van der Waals surface area contributed by atoms with Crippen LogP contribution in [0.15, 0.2) is 0 Å². The molecule has 1 saturated heterocycles. The van der Waals surface area contributed by atoms with Crippen molar-refractivity contribution in [2.75, 3.05) is 14.2 Å². The third-order valence-corrected chi connectivity index (χ3v) is 8.92. The predicted molar refractivity (Wildman–Crippen MR) is 146 cm³/mol. The summed E-state index contributed by atoms with van der Waals surface area (Å²) in [5.74, 6) is -5.39. The number of carbonyl (C=O) groups is 6. The van der Waals surface area contributed by atoms with Crippen LogP contribution in [0.4, 0.5) is 9.59 Å². The van der Waals surface area contributed by atoms with Gasteiger partial charge in [0.05, 0.1) is 25.7 Å². The monoisotopic (exact) mass is 583 g/mol. The number of amides is 3. The van der Waals surface area contributed by atoms with Gasteiger partial charge in [0.15, 0.2) is 5.78 Å². The molecule has 2 fully saturated rings. The molecule has 3 amide bonds. The minimum Gasteiger partial charge on any atom is -0.481 e. The van der Waals surface area contributed by atoms with Gasteiger partial charge in [-0.2, -0.15) is 0 Å². The highest BCUT2D eigenvalue weighted by Gasteiger charge is 2.57. The Balaban J connectivity index is 2.38. The lowest BCUT2D eigenvalue weighted by Crippen LogP contribution is -2.56. The van der Waals surface area contributed by atoms with Gasteiger partial charge in [0.2, 0.25) is 5.91 Å². The Morgan fingerprint density at radius 2 is 1.46 bits per heavy atom. The number of carbonyl (C=O) groups excluding carboxylic acids is 4. The number of ketones is 1. The smallest absolute Gasteiger partial charge is 0.407 e. The van der Waals surface area contributed by atoms with E-state index in [1.165, 1.54) is 12.0 Å². The topological polar surface area (TPSA) is 189 Å². The standard InChI is InChI=1S/C28H45N3O10/c1-14(2)20(29-26(38)40-6)22(32)19-15(3)10-12-28(19,25(36)37)13-11-16(4)21(30-27(39)41-7)23(33)31-17(5)8-9-18(31)24(34)35/h14-21H,8-13H2,1-7H3,(H,29,38)(H,30,39)(H,34,35)(H,36,37)/t15-,16-,17?,18?,19?,20?,21-,28+/m0/s1. The van der Waals surface area contributed by atoms with Gasteiger partial charge in [-0.3, -0.25) is 14.4 Å². The van der Waals surface area contributed by atoms with E-state index in [1.807, 2.05) is 6.92 Å². The highest BCUT2D eigenvalue weighted by molar-refractivity contribution is 5.95. The van der Waals surface area contributed by atoms with Crippen LogP contribution >= 0.6 is 0 Å². The number of ether oxygens (including phenoxy) is 2. The molecule has 0 radical (unpaired) electrons. The second-order valence-corrected chi connectivity index (χ2v) is 11.9. The Hall–Kier alpha value is -3.38. The average Bonchev–Trinajstić information content (AvgIpc) is 3.47. The number of carboxylic acid groups (broad SMARTS) is 2. The Bertz CT molecular complexity index is 1020. The molecule has 0 bridgehead atoms. The summed E-state index contributed by atoms with van der Waals surface area (Å²) in [4.78, 5) is 77.6. The van der Waals surface area contributed by atoms with Crippen LogP contribution in [0.2, 0.25) is 0 Å². The van der Waals surface area contributed by atoms with Crippen LogP contribution in [0.5, 0.6) is 0 Å². The van der Waals surface area contributed by atoms with Gasteiger partial charge in [0.25, 0.3) is 0 Å². The molecule has 13 heteroatoms. The summed E-state index contributed by atoms with van der Waals surface area (Å²) < 4.78 is 9.39. The van der Waals surface area contributed by atoms with Crippen molar-refractivity contribution < 1.29 is 48.5 Å². The van der Waals surface area contributed by atoms with E-state index in [4.69, 9.17) is 4.74 Å². The van der Waals surface area contributed by atoms with Gasteiger partial charge in [-0.15, -0.1) is 0 Å². The first-order valence-electron chi connectivity index (χ1n) is 14.1. The summed E-state index contributed by atoms with van der Waals surface area (Å²) in [5, 5.41) is 25.2. The average molecular weight is 584 g/mol. The summed E-state index contributed by atoms with van der Waals surface area (Å²) in [6.45, 7) is 8.74. The number of rotatable bonds is 12. The zero-order valence-corrected chi connectivity index (χ0v) is 25.0. The summed E-state index contributed by atoms with van der Waals surface area (Å²) in [7, 11) is 2.32. The number of aliphatic carboxylic acids is 2. The highest BCUT2D eigenvalue weighted by atomic mass is 16.5. The van der Waals surface area contributed by atoms with Crippen LogP contribution < -0.4 is 10.6 Å². The Labute approximate surface area is 240 Å². The van der Waals surface area contributed by atoms with Crippen LogP contribution in [0, 0.1) is 29.1 Å². The number of hydrogen-bond donors (Lipinski definition) is 4. The minimum absolute atomic E-state index is 0.0256. The van der Waals surface area contributed by atoms with Crippen molar-refractivity contribution in [2.24, 2.45) is 29.1 Å². The summed E-state index contributed by atoms with van der Waals surface area (Å²) in [6, 6.07) is -3.53. The fourth-order valence-electron chi connectivity index (χ4n) is 6.52. The first kappa shape index (κ1) is 33.8. The third kappa shape index (κ3) is 7.28. The van der Waals surface area contributed by atoms with Crippen LogP contribution in [0.3, 0.4) is 0 Å². The first-order valence-corrected chi connectivity index (χ1v) is 14.1. The minimum atomic E-state index is -1.46. The summed E-state index contributed by atoms with van der Waals surface area (Å²) in [5.41, 5.74) is -1.46. The molecule has 0 aromatic carbocycles. The maximum Gasteiger partial charge on any atom is 0.407 e. The fraction of sp³-hybridized carbons (Fsp3) is 0.786. The number of likely N-dealkylation sites (tertiary alicyclic amines) is 1. The molecular formula is C28H45N3O10. The second-order valence-electron chi connectivity index (χ2n) is 11.9. The molecule has 41 heavy (non-hydrogen) atoms. The van der Waals surface area contributed by atoms with E-state index in [0.29, 0.717) is 12.8 Å². The predicted octanol–water partition coefficient (Wildman–Crippen LogP) is 2.66. The Kier molecular flexibility index (Phi) is 11.5. The van der Waals surface area contributed by atoms with Gasteiger partial charge in [0.1, 0.15) is 12.1 Å². The molecule has 8 atom stereocenters. The molecule has 2 aliphatic rings. The van der Waals surface area contributed by atoms with E-state index in [0.717, 1.165) is 7.11 Å². The highest BCUT2D eigenvalue weighted by Crippen LogP contribution is 2.52. The van der Waals surface area contributed by atoms with Gasteiger partial charge in [-0.05, 0) is 63.2 Å². The maximum atomic E-state index is 13.8. The number of nitrogens with one attached hydrogen (secondary N) is 2. The fourth-order valence-corrected chi connectivity index (χ4v) is 6.52. The molecule has 4 N–H and O–H groups in total.